The van der Waals surface area contributed by atoms with Crippen LogP contribution < -0.4 is 11.3 Å². The van der Waals surface area contributed by atoms with E-state index in [9.17, 15) is 9.59 Å². The molecule has 1 saturated heterocycles. The van der Waals surface area contributed by atoms with Gasteiger partial charge in [0.25, 0.3) is 5.91 Å². The molecule has 0 radical (unpaired) electrons. The van der Waals surface area contributed by atoms with Gasteiger partial charge in [0.1, 0.15) is 6.54 Å². The molecule has 0 saturated carbocycles. The normalized spacial score (nSPS) is 15.6. The van der Waals surface area contributed by atoms with Crippen molar-refractivity contribution in [3.63, 3.8) is 0 Å². The number of imide groups is 1. The number of carbonyl (C=O) groups is 2. The minimum Gasteiger partial charge on any atom is -0.324 e. The lowest BCUT2D eigenvalue weighted by molar-refractivity contribution is -0.125. The molecule has 7 nitrogen and oxygen atoms in total. The highest BCUT2D eigenvalue weighted by Gasteiger charge is 2.33. The molecule has 0 spiro atoms. The van der Waals surface area contributed by atoms with Gasteiger partial charge in [0.15, 0.2) is 0 Å². The van der Waals surface area contributed by atoms with Gasteiger partial charge in [-0.05, 0) is 12.1 Å². The van der Waals surface area contributed by atoms with Gasteiger partial charge in [-0.2, -0.15) is 0 Å². The summed E-state index contributed by atoms with van der Waals surface area (Å²) >= 11 is 0. The molecule has 2 heterocycles. The fraction of sp³-hybridized carbons (Fsp3) is 0.300. The van der Waals surface area contributed by atoms with Crippen molar-refractivity contribution in [2.75, 3.05) is 19.0 Å². The molecule has 90 valence electrons. The third-order valence-corrected chi connectivity index (χ3v) is 2.53. The van der Waals surface area contributed by atoms with E-state index < -0.39 is 0 Å². The lowest BCUT2D eigenvalue weighted by Crippen LogP contribution is -2.31. The lowest BCUT2D eigenvalue weighted by atomic mass is 10.3. The highest BCUT2D eigenvalue weighted by molar-refractivity contribution is 6.01. The Morgan fingerprint density at radius 2 is 2.29 bits per heavy atom. The van der Waals surface area contributed by atoms with E-state index in [-0.39, 0.29) is 25.0 Å². The number of nitrogens with zero attached hydrogens (tertiary/aromatic N) is 3. The number of nitrogens with one attached hydrogen (secondary N) is 1. The molecule has 1 aromatic heterocycles. The van der Waals surface area contributed by atoms with Gasteiger partial charge in [0, 0.05) is 13.2 Å². The molecule has 0 aromatic carbocycles. The summed E-state index contributed by atoms with van der Waals surface area (Å²) in [5.74, 6) is 5.05. The Kier molecular flexibility index (Phi) is 2.92. The maximum absolute atomic E-state index is 11.6. The number of hydrazine groups is 1. The predicted octanol–water partition coefficient (Wildman–Crippen LogP) is -0.239. The number of hydrogen-bond acceptors (Lipinski definition) is 5. The van der Waals surface area contributed by atoms with Crippen LogP contribution in [0.4, 0.5) is 10.5 Å². The second kappa shape index (κ2) is 4.38. The number of nitrogens with two attached hydrogens (primary N) is 1. The first-order valence-corrected chi connectivity index (χ1v) is 5.09. The highest BCUT2D eigenvalue weighted by atomic mass is 16.2. The van der Waals surface area contributed by atoms with Gasteiger partial charge >= 0.3 is 6.03 Å². The molecular weight excluding hydrogens is 222 g/mol. The molecule has 0 atom stereocenters. The summed E-state index contributed by atoms with van der Waals surface area (Å²) in [5, 5.41) is 0. The van der Waals surface area contributed by atoms with Gasteiger partial charge in [0.2, 0.25) is 0 Å². The van der Waals surface area contributed by atoms with Crippen LogP contribution in [0.25, 0.3) is 0 Å². The Balaban J connectivity index is 2.15. The summed E-state index contributed by atoms with van der Waals surface area (Å²) in [4.78, 5) is 29.8. The number of urea groups is 1. The maximum atomic E-state index is 11.6. The Morgan fingerprint density at radius 3 is 2.88 bits per heavy atom. The van der Waals surface area contributed by atoms with E-state index in [2.05, 4.69) is 10.4 Å². The van der Waals surface area contributed by atoms with E-state index in [0.717, 1.165) is 0 Å². The SMILES string of the molecule is CN1CC(=O)N(Cc2cc(NN)ccn2)C1=O. The summed E-state index contributed by atoms with van der Waals surface area (Å²) in [5.41, 5.74) is 3.78. The number of aromatic nitrogens is 1. The van der Waals surface area contributed by atoms with Gasteiger partial charge in [-0.25, -0.2) is 4.79 Å². The minimum absolute atomic E-state index is 0.119. The van der Waals surface area contributed by atoms with Crippen molar-refractivity contribution in [1.82, 2.24) is 14.8 Å². The van der Waals surface area contributed by atoms with Crippen LogP contribution >= 0.6 is 0 Å². The van der Waals surface area contributed by atoms with E-state index >= 15 is 0 Å². The van der Waals surface area contributed by atoms with Crippen molar-refractivity contribution in [2.45, 2.75) is 6.54 Å². The number of rotatable bonds is 3. The van der Waals surface area contributed by atoms with Crippen LogP contribution in [0.5, 0.6) is 0 Å². The largest absolute Gasteiger partial charge is 0.327 e. The molecule has 7 heteroatoms. The zero-order valence-corrected chi connectivity index (χ0v) is 9.38. The van der Waals surface area contributed by atoms with Crippen molar-refractivity contribution in [2.24, 2.45) is 5.84 Å². The summed E-state index contributed by atoms with van der Waals surface area (Å²) in [7, 11) is 1.59. The topological polar surface area (TPSA) is 91.6 Å². The van der Waals surface area contributed by atoms with E-state index in [4.69, 9.17) is 5.84 Å². The van der Waals surface area contributed by atoms with Gasteiger partial charge in [0.05, 0.1) is 17.9 Å². The van der Waals surface area contributed by atoms with Crippen molar-refractivity contribution in [3.05, 3.63) is 24.0 Å². The summed E-state index contributed by atoms with van der Waals surface area (Å²) < 4.78 is 0. The number of carbonyl (C=O) groups excluding carboxylic acids is 2. The fourth-order valence-corrected chi connectivity index (χ4v) is 1.64. The third-order valence-electron chi connectivity index (χ3n) is 2.53. The average Bonchev–Trinajstić information content (AvgIpc) is 2.56. The fourth-order valence-electron chi connectivity index (χ4n) is 1.64. The monoisotopic (exact) mass is 235 g/mol. The molecule has 3 amide bonds. The predicted molar refractivity (Wildman–Crippen MR) is 60.6 cm³/mol. The molecule has 2 rings (SSSR count). The molecule has 0 unspecified atom stereocenters. The van der Waals surface area contributed by atoms with Crippen molar-refractivity contribution < 1.29 is 9.59 Å². The molecule has 0 aliphatic carbocycles. The first-order valence-electron chi connectivity index (χ1n) is 5.09. The first kappa shape index (κ1) is 11.3. The summed E-state index contributed by atoms with van der Waals surface area (Å²) in [6, 6.07) is 3.09. The molecule has 1 aliphatic rings. The highest BCUT2D eigenvalue weighted by Crippen LogP contribution is 2.13. The smallest absolute Gasteiger partial charge is 0.324 e. The first-order chi connectivity index (χ1) is 8.11. The number of anilines is 1. The van der Waals surface area contributed by atoms with E-state index in [1.165, 1.54) is 9.80 Å². The zero-order valence-electron chi connectivity index (χ0n) is 9.38. The van der Waals surface area contributed by atoms with Gasteiger partial charge in [-0.1, -0.05) is 0 Å². The Morgan fingerprint density at radius 1 is 1.53 bits per heavy atom. The zero-order chi connectivity index (χ0) is 12.4. The van der Waals surface area contributed by atoms with E-state index in [1.54, 1.807) is 25.4 Å². The number of nitrogen functional groups attached to an aromatic ring is 1. The van der Waals surface area contributed by atoms with E-state index in [0.29, 0.717) is 11.4 Å². The van der Waals surface area contributed by atoms with Crippen LogP contribution in [-0.4, -0.2) is 40.3 Å². The molecule has 1 aliphatic heterocycles. The van der Waals surface area contributed by atoms with E-state index in [1.807, 2.05) is 0 Å². The van der Waals surface area contributed by atoms with Crippen LogP contribution in [-0.2, 0) is 11.3 Å². The van der Waals surface area contributed by atoms with Crippen LogP contribution in [0.15, 0.2) is 18.3 Å². The van der Waals surface area contributed by atoms with Crippen LogP contribution in [0, 0.1) is 0 Å². The van der Waals surface area contributed by atoms with Gasteiger partial charge in [-0.15, -0.1) is 0 Å². The molecular formula is C10H13N5O2. The van der Waals surface area contributed by atoms with Crippen molar-refractivity contribution in [3.8, 4) is 0 Å². The standard InChI is InChI=1S/C10H13N5O2/c1-14-6-9(16)15(10(14)17)5-8-4-7(13-11)2-3-12-8/h2-4H,5-6,11H2,1H3,(H,12,13). The maximum Gasteiger partial charge on any atom is 0.327 e. The lowest BCUT2D eigenvalue weighted by Gasteiger charge is -2.13. The summed E-state index contributed by atoms with van der Waals surface area (Å²) in [6.45, 7) is 0.283. The van der Waals surface area contributed by atoms with Crippen LogP contribution in [0.1, 0.15) is 5.69 Å². The van der Waals surface area contributed by atoms with Crippen LogP contribution in [0.2, 0.25) is 0 Å². The minimum atomic E-state index is -0.303. The molecule has 1 fully saturated rings. The molecule has 3 N–H and O–H groups in total. The number of amides is 3. The second-order valence-corrected chi connectivity index (χ2v) is 3.80. The average molecular weight is 235 g/mol. The van der Waals surface area contributed by atoms with Crippen molar-refractivity contribution in [1.29, 1.82) is 0 Å². The molecule has 0 bridgehead atoms. The molecule has 1 aromatic rings. The number of hydrogen-bond donors (Lipinski definition) is 2. The molecule has 17 heavy (non-hydrogen) atoms. The summed E-state index contributed by atoms with van der Waals surface area (Å²) in [6.07, 6.45) is 1.57. The number of pyridine rings is 1. The van der Waals surface area contributed by atoms with Crippen LogP contribution in [0.3, 0.4) is 0 Å². The Hall–Kier alpha value is -2.15. The second-order valence-electron chi connectivity index (χ2n) is 3.80. The van der Waals surface area contributed by atoms with Gasteiger partial charge < -0.3 is 10.3 Å². The number of likely N-dealkylation sites (N-methyl/N-ethyl adjacent to an activating group) is 1. The van der Waals surface area contributed by atoms with Gasteiger partial charge in [-0.3, -0.25) is 20.5 Å². The quantitative estimate of drug-likeness (QED) is 0.428. The van der Waals surface area contributed by atoms with Crippen molar-refractivity contribution >= 4 is 17.6 Å². The Labute approximate surface area is 98.2 Å². The third kappa shape index (κ3) is 2.18. The Bertz CT molecular complexity index is 462.